The fraction of sp³-hybridized carbons (Fsp3) is 0.167. The minimum Gasteiger partial charge on any atom is -0.388 e. The van der Waals surface area contributed by atoms with Crippen LogP contribution in [-0.4, -0.2) is 12.0 Å². The molecule has 0 aliphatic carbocycles. The first kappa shape index (κ1) is 9.65. The van der Waals surface area contributed by atoms with Gasteiger partial charge in [-0.3, -0.25) is 0 Å². The van der Waals surface area contributed by atoms with E-state index in [2.05, 4.69) is 39.9 Å². The van der Waals surface area contributed by atoms with Crippen molar-refractivity contribution in [3.63, 3.8) is 0 Å². The van der Waals surface area contributed by atoms with Gasteiger partial charge < -0.3 is 15.6 Å². The van der Waals surface area contributed by atoms with Gasteiger partial charge in [0.25, 0.3) is 0 Å². The molecule has 0 amide bonds. The van der Waals surface area contributed by atoms with E-state index >= 15 is 0 Å². The molecule has 3 nitrogen and oxygen atoms in total. The van der Waals surface area contributed by atoms with Crippen LogP contribution in [0.2, 0.25) is 0 Å². The molecule has 0 bridgehead atoms. The Labute approximate surface area is 89.5 Å². The van der Waals surface area contributed by atoms with E-state index in [9.17, 15) is 0 Å². The number of H-pyrrole nitrogens is 1. The zero-order chi connectivity index (χ0) is 10.5. The fourth-order valence-electron chi connectivity index (χ4n) is 1.47. The number of benzene rings is 1. The monoisotopic (exact) mass is 201 g/mol. The van der Waals surface area contributed by atoms with Crippen molar-refractivity contribution in [2.45, 2.75) is 6.54 Å². The molecule has 0 aliphatic heterocycles. The maximum atomic E-state index is 3.33. The molecular formula is C12H15N3. The molecule has 2 aromatic rings. The Bertz CT molecular complexity index is 407. The van der Waals surface area contributed by atoms with Gasteiger partial charge in [-0.2, -0.15) is 0 Å². The van der Waals surface area contributed by atoms with Crippen LogP contribution in [0.15, 0.2) is 42.7 Å². The summed E-state index contributed by atoms with van der Waals surface area (Å²) >= 11 is 0. The lowest BCUT2D eigenvalue weighted by Gasteiger charge is -2.06. The summed E-state index contributed by atoms with van der Waals surface area (Å²) in [6.07, 6.45) is 3.86. The molecule has 0 atom stereocenters. The van der Waals surface area contributed by atoms with Crippen LogP contribution in [0.25, 0.3) is 0 Å². The summed E-state index contributed by atoms with van der Waals surface area (Å²) in [4.78, 5) is 3.01. The van der Waals surface area contributed by atoms with Crippen molar-refractivity contribution in [1.82, 2.24) is 4.98 Å². The predicted molar refractivity (Wildman–Crippen MR) is 64.1 cm³/mol. The topological polar surface area (TPSA) is 39.8 Å². The van der Waals surface area contributed by atoms with E-state index in [4.69, 9.17) is 0 Å². The standard InChI is InChI=1S/C12H15N3/c1-13-11-4-2-3-10(7-11)8-15-12-5-6-14-9-12/h2-7,9,13-15H,8H2,1H3. The highest BCUT2D eigenvalue weighted by Gasteiger charge is 1.95. The number of rotatable bonds is 4. The molecule has 0 saturated heterocycles. The van der Waals surface area contributed by atoms with Gasteiger partial charge in [0.15, 0.2) is 0 Å². The number of aromatic amines is 1. The van der Waals surface area contributed by atoms with Crippen LogP contribution in [0.3, 0.4) is 0 Å². The minimum atomic E-state index is 0.841. The predicted octanol–water partition coefficient (Wildman–Crippen LogP) is 2.67. The van der Waals surface area contributed by atoms with Crippen LogP contribution >= 0.6 is 0 Å². The van der Waals surface area contributed by atoms with Gasteiger partial charge in [-0.15, -0.1) is 0 Å². The summed E-state index contributed by atoms with van der Waals surface area (Å²) in [5.41, 5.74) is 3.52. The Balaban J connectivity index is 1.98. The molecule has 1 aromatic carbocycles. The Kier molecular flexibility index (Phi) is 2.93. The third-order valence-corrected chi connectivity index (χ3v) is 2.31. The molecule has 3 N–H and O–H groups in total. The van der Waals surface area contributed by atoms with E-state index in [1.807, 2.05) is 25.5 Å². The maximum absolute atomic E-state index is 3.33. The average molecular weight is 201 g/mol. The van der Waals surface area contributed by atoms with E-state index in [-0.39, 0.29) is 0 Å². The first-order valence-electron chi connectivity index (χ1n) is 5.02. The molecule has 78 valence electrons. The maximum Gasteiger partial charge on any atom is 0.0520 e. The Morgan fingerprint density at radius 2 is 2.13 bits per heavy atom. The van der Waals surface area contributed by atoms with Crippen LogP contribution in [0.4, 0.5) is 11.4 Å². The van der Waals surface area contributed by atoms with Gasteiger partial charge in [-0.05, 0) is 23.8 Å². The third-order valence-electron chi connectivity index (χ3n) is 2.31. The van der Waals surface area contributed by atoms with Gasteiger partial charge >= 0.3 is 0 Å². The summed E-state index contributed by atoms with van der Waals surface area (Å²) in [7, 11) is 1.93. The van der Waals surface area contributed by atoms with Crippen molar-refractivity contribution in [3.8, 4) is 0 Å². The smallest absolute Gasteiger partial charge is 0.0520 e. The van der Waals surface area contributed by atoms with Crippen molar-refractivity contribution < 1.29 is 0 Å². The largest absolute Gasteiger partial charge is 0.388 e. The van der Waals surface area contributed by atoms with Gasteiger partial charge in [0.05, 0.1) is 5.69 Å². The average Bonchev–Trinajstić information content (AvgIpc) is 2.79. The zero-order valence-corrected chi connectivity index (χ0v) is 8.75. The van der Waals surface area contributed by atoms with E-state index < -0.39 is 0 Å². The number of hydrogen-bond donors (Lipinski definition) is 3. The van der Waals surface area contributed by atoms with Gasteiger partial charge in [-0.1, -0.05) is 12.1 Å². The molecule has 0 radical (unpaired) electrons. The molecule has 15 heavy (non-hydrogen) atoms. The minimum absolute atomic E-state index is 0.841. The van der Waals surface area contributed by atoms with E-state index in [0.29, 0.717) is 0 Å². The lowest BCUT2D eigenvalue weighted by atomic mass is 10.2. The van der Waals surface area contributed by atoms with Gasteiger partial charge in [-0.25, -0.2) is 0 Å². The Morgan fingerprint density at radius 1 is 1.20 bits per heavy atom. The highest BCUT2D eigenvalue weighted by molar-refractivity contribution is 5.47. The molecule has 2 rings (SSSR count). The van der Waals surface area contributed by atoms with E-state index in [0.717, 1.165) is 17.9 Å². The second-order valence-corrected chi connectivity index (χ2v) is 3.40. The molecule has 3 heteroatoms. The summed E-state index contributed by atoms with van der Waals surface area (Å²) < 4.78 is 0. The van der Waals surface area contributed by atoms with Crippen LogP contribution < -0.4 is 10.6 Å². The van der Waals surface area contributed by atoms with Crippen LogP contribution in [0.1, 0.15) is 5.56 Å². The molecule has 1 aromatic heterocycles. The van der Waals surface area contributed by atoms with E-state index in [1.165, 1.54) is 5.56 Å². The highest BCUT2D eigenvalue weighted by atomic mass is 14.9. The van der Waals surface area contributed by atoms with Crippen molar-refractivity contribution in [2.24, 2.45) is 0 Å². The summed E-state index contributed by atoms with van der Waals surface area (Å²) in [5.74, 6) is 0. The van der Waals surface area contributed by atoms with Gasteiger partial charge in [0.2, 0.25) is 0 Å². The molecule has 1 heterocycles. The van der Waals surface area contributed by atoms with Crippen molar-refractivity contribution in [2.75, 3.05) is 17.7 Å². The third kappa shape index (κ3) is 2.53. The quantitative estimate of drug-likeness (QED) is 0.711. The summed E-state index contributed by atoms with van der Waals surface area (Å²) in [6.45, 7) is 0.841. The van der Waals surface area contributed by atoms with Gasteiger partial charge in [0.1, 0.15) is 0 Å². The van der Waals surface area contributed by atoms with Gasteiger partial charge in [0, 0.05) is 31.7 Å². The van der Waals surface area contributed by atoms with Crippen molar-refractivity contribution in [1.29, 1.82) is 0 Å². The molecule has 0 spiro atoms. The van der Waals surface area contributed by atoms with Crippen LogP contribution in [0, 0.1) is 0 Å². The lowest BCUT2D eigenvalue weighted by molar-refractivity contribution is 1.15. The Hall–Kier alpha value is -1.90. The first-order chi connectivity index (χ1) is 7.38. The number of anilines is 2. The number of nitrogens with one attached hydrogen (secondary N) is 3. The highest BCUT2D eigenvalue weighted by Crippen LogP contribution is 2.12. The SMILES string of the molecule is CNc1cccc(CNc2cc[nH]c2)c1. The normalized spacial score (nSPS) is 9.93. The molecule has 0 fully saturated rings. The Morgan fingerprint density at radius 3 is 2.87 bits per heavy atom. The molecule has 0 unspecified atom stereocenters. The van der Waals surface area contributed by atoms with Crippen molar-refractivity contribution >= 4 is 11.4 Å². The van der Waals surface area contributed by atoms with Crippen LogP contribution in [0.5, 0.6) is 0 Å². The number of aromatic nitrogens is 1. The van der Waals surface area contributed by atoms with E-state index in [1.54, 1.807) is 0 Å². The summed E-state index contributed by atoms with van der Waals surface area (Å²) in [5, 5.41) is 6.46. The zero-order valence-electron chi connectivity index (χ0n) is 8.75. The second kappa shape index (κ2) is 4.55. The fourth-order valence-corrected chi connectivity index (χ4v) is 1.47. The lowest BCUT2D eigenvalue weighted by Crippen LogP contribution is -1.99. The molecule has 0 aliphatic rings. The molecular weight excluding hydrogens is 186 g/mol. The van der Waals surface area contributed by atoms with Crippen LogP contribution in [-0.2, 0) is 6.54 Å². The van der Waals surface area contributed by atoms with Crippen molar-refractivity contribution in [3.05, 3.63) is 48.3 Å². The number of hydrogen-bond acceptors (Lipinski definition) is 2. The summed E-state index contributed by atoms with van der Waals surface area (Å²) in [6, 6.07) is 10.4. The molecule has 0 saturated carbocycles. The second-order valence-electron chi connectivity index (χ2n) is 3.40. The first-order valence-corrected chi connectivity index (χ1v) is 5.02.